The van der Waals surface area contributed by atoms with E-state index in [1.54, 1.807) is 0 Å². The molecule has 0 aliphatic rings. The number of primary amides is 1. The first-order chi connectivity index (χ1) is 14.4. The van der Waals surface area contributed by atoms with Gasteiger partial charge in [0, 0.05) is 6.42 Å². The minimum atomic E-state index is -1.25. The van der Waals surface area contributed by atoms with Crippen molar-refractivity contribution >= 4 is 41.4 Å². The molecule has 0 aromatic carbocycles. The number of thioether (sulfide) groups is 1. The molecule has 4 atom stereocenters. The third-order valence-corrected chi connectivity index (χ3v) is 4.99. The lowest BCUT2D eigenvalue weighted by atomic mass is 10.0. The van der Waals surface area contributed by atoms with Gasteiger partial charge in [-0.3, -0.25) is 24.0 Å². The lowest BCUT2D eigenvalue weighted by Crippen LogP contribution is -2.57. The number of amides is 4. The van der Waals surface area contributed by atoms with E-state index >= 15 is 0 Å². The Bertz CT molecular complexity index is 645. The Morgan fingerprint density at radius 3 is 1.90 bits per heavy atom. The number of hydrogen-bond donors (Lipinski definition) is 6. The summed E-state index contributed by atoms with van der Waals surface area (Å²) in [4.78, 5) is 59.8. The van der Waals surface area contributed by atoms with Gasteiger partial charge in [0.05, 0.1) is 6.04 Å². The molecular weight excluding hydrogens is 426 g/mol. The van der Waals surface area contributed by atoms with Gasteiger partial charge in [0.2, 0.25) is 23.6 Å². The van der Waals surface area contributed by atoms with Crippen LogP contribution in [0.25, 0.3) is 0 Å². The molecule has 0 spiro atoms. The second-order valence-electron chi connectivity index (χ2n) is 7.71. The Hall–Kier alpha value is -2.34. The summed E-state index contributed by atoms with van der Waals surface area (Å²) in [5.74, 6) is -3.05. The molecule has 4 amide bonds. The maximum Gasteiger partial charge on any atom is 0.325 e. The van der Waals surface area contributed by atoms with E-state index in [0.29, 0.717) is 18.6 Å². The maximum atomic E-state index is 12.8. The maximum absolute atomic E-state index is 12.8. The average Bonchev–Trinajstić information content (AvgIpc) is 2.66. The van der Waals surface area contributed by atoms with Crippen LogP contribution in [0, 0.1) is 5.92 Å². The van der Waals surface area contributed by atoms with E-state index in [4.69, 9.17) is 16.6 Å². The highest BCUT2D eigenvalue weighted by molar-refractivity contribution is 7.98. The fourth-order valence-corrected chi connectivity index (χ4v) is 3.07. The summed E-state index contributed by atoms with van der Waals surface area (Å²) in [6, 6.07) is -4.12. The molecule has 0 radical (unpaired) electrons. The van der Waals surface area contributed by atoms with Gasteiger partial charge in [-0.1, -0.05) is 13.8 Å². The van der Waals surface area contributed by atoms with Gasteiger partial charge in [-0.15, -0.1) is 0 Å². The van der Waals surface area contributed by atoms with Crippen LogP contribution in [-0.2, 0) is 24.0 Å². The van der Waals surface area contributed by atoms with Gasteiger partial charge in [-0.2, -0.15) is 11.8 Å². The molecule has 11 nitrogen and oxygen atoms in total. The lowest BCUT2D eigenvalue weighted by Gasteiger charge is -2.25. The highest BCUT2D eigenvalue weighted by Crippen LogP contribution is 2.07. The SMILES string of the molecule is CSCCC(NC(=O)C(N)CC(C)C)C(=O)NC(CCC(N)=O)C(=O)NC(C)C(=O)O. The zero-order chi connectivity index (χ0) is 24.1. The molecule has 0 heterocycles. The topological polar surface area (TPSA) is 194 Å². The van der Waals surface area contributed by atoms with Crippen molar-refractivity contribution in [2.24, 2.45) is 17.4 Å². The predicted octanol–water partition coefficient (Wildman–Crippen LogP) is -1.06. The van der Waals surface area contributed by atoms with Crippen LogP contribution in [0.15, 0.2) is 0 Å². The standard InChI is InChI=1S/C19H35N5O6S/c1-10(2)9-12(20)16(26)23-14(7-8-31-4)18(28)24-13(5-6-15(21)25)17(27)22-11(3)19(29)30/h10-14H,5-9,20H2,1-4H3,(H2,21,25)(H,22,27)(H,23,26)(H,24,28)(H,29,30). The number of carboxylic acids is 1. The van der Waals surface area contributed by atoms with Crippen molar-refractivity contribution in [1.82, 2.24) is 16.0 Å². The zero-order valence-electron chi connectivity index (χ0n) is 18.5. The fraction of sp³-hybridized carbons (Fsp3) is 0.737. The predicted molar refractivity (Wildman–Crippen MR) is 118 cm³/mol. The van der Waals surface area contributed by atoms with Gasteiger partial charge in [0.25, 0.3) is 0 Å². The van der Waals surface area contributed by atoms with Gasteiger partial charge >= 0.3 is 5.97 Å². The van der Waals surface area contributed by atoms with Gasteiger partial charge in [-0.05, 0) is 44.1 Å². The molecular formula is C19H35N5O6S. The summed E-state index contributed by atoms with van der Waals surface area (Å²) in [5, 5.41) is 16.3. The number of rotatable bonds is 15. The van der Waals surface area contributed by atoms with Crippen LogP contribution in [0.2, 0.25) is 0 Å². The second-order valence-corrected chi connectivity index (χ2v) is 8.70. The van der Waals surface area contributed by atoms with E-state index < -0.39 is 53.8 Å². The zero-order valence-corrected chi connectivity index (χ0v) is 19.3. The minimum Gasteiger partial charge on any atom is -0.480 e. The van der Waals surface area contributed by atoms with E-state index in [9.17, 15) is 24.0 Å². The van der Waals surface area contributed by atoms with Crippen LogP contribution >= 0.6 is 11.8 Å². The number of aliphatic carboxylic acids is 1. The van der Waals surface area contributed by atoms with Crippen molar-refractivity contribution < 1.29 is 29.1 Å². The molecule has 0 aromatic heterocycles. The van der Waals surface area contributed by atoms with Gasteiger partial charge in [-0.25, -0.2) is 0 Å². The molecule has 0 aliphatic heterocycles. The Kier molecular flexibility index (Phi) is 13.5. The second kappa shape index (κ2) is 14.6. The van der Waals surface area contributed by atoms with Gasteiger partial charge in [0.1, 0.15) is 18.1 Å². The van der Waals surface area contributed by atoms with E-state index in [1.807, 2.05) is 20.1 Å². The summed E-state index contributed by atoms with van der Waals surface area (Å²) in [7, 11) is 0. The largest absolute Gasteiger partial charge is 0.480 e. The summed E-state index contributed by atoms with van der Waals surface area (Å²) < 4.78 is 0. The molecule has 0 bridgehead atoms. The number of carboxylic acid groups (broad SMARTS) is 1. The molecule has 12 heteroatoms. The van der Waals surface area contributed by atoms with E-state index in [2.05, 4.69) is 16.0 Å². The molecule has 0 saturated carbocycles. The number of hydrogen-bond acceptors (Lipinski definition) is 7. The summed E-state index contributed by atoms with van der Waals surface area (Å²) in [5.41, 5.74) is 11.0. The average molecular weight is 462 g/mol. The molecule has 0 saturated heterocycles. The Morgan fingerprint density at radius 2 is 1.42 bits per heavy atom. The van der Waals surface area contributed by atoms with Gasteiger partial charge < -0.3 is 32.5 Å². The molecule has 31 heavy (non-hydrogen) atoms. The first-order valence-electron chi connectivity index (χ1n) is 10.1. The number of nitrogens with two attached hydrogens (primary N) is 2. The molecule has 8 N–H and O–H groups in total. The molecule has 0 rings (SSSR count). The first kappa shape index (κ1) is 28.7. The van der Waals surface area contributed by atoms with Crippen molar-refractivity contribution in [3.8, 4) is 0 Å². The number of carbonyl (C=O) groups excluding carboxylic acids is 4. The van der Waals surface area contributed by atoms with Crippen LogP contribution < -0.4 is 27.4 Å². The fourth-order valence-electron chi connectivity index (χ4n) is 2.60. The Balaban J connectivity index is 5.34. The summed E-state index contributed by atoms with van der Waals surface area (Å²) >= 11 is 1.48. The van der Waals surface area contributed by atoms with Crippen LogP contribution in [0.1, 0.15) is 46.5 Å². The van der Waals surface area contributed by atoms with Gasteiger partial charge in [0.15, 0.2) is 0 Å². The third-order valence-electron chi connectivity index (χ3n) is 4.35. The molecule has 4 unspecified atom stereocenters. The highest BCUT2D eigenvalue weighted by atomic mass is 32.2. The van der Waals surface area contributed by atoms with Crippen LogP contribution in [0.3, 0.4) is 0 Å². The molecule has 0 fully saturated rings. The van der Waals surface area contributed by atoms with Crippen molar-refractivity contribution in [3.63, 3.8) is 0 Å². The first-order valence-corrected chi connectivity index (χ1v) is 11.4. The Morgan fingerprint density at radius 1 is 0.903 bits per heavy atom. The third kappa shape index (κ3) is 12.2. The van der Waals surface area contributed by atoms with Crippen LogP contribution in [-0.4, -0.2) is 70.9 Å². The number of nitrogens with one attached hydrogen (secondary N) is 3. The van der Waals surface area contributed by atoms with E-state index in [-0.39, 0.29) is 18.8 Å². The Labute approximate surface area is 186 Å². The van der Waals surface area contributed by atoms with E-state index in [1.165, 1.54) is 18.7 Å². The van der Waals surface area contributed by atoms with Crippen LogP contribution in [0.5, 0.6) is 0 Å². The smallest absolute Gasteiger partial charge is 0.325 e. The summed E-state index contributed by atoms with van der Waals surface area (Å²) in [6.45, 7) is 5.11. The highest BCUT2D eigenvalue weighted by Gasteiger charge is 2.29. The van der Waals surface area contributed by atoms with Crippen LogP contribution in [0.4, 0.5) is 0 Å². The van der Waals surface area contributed by atoms with Crippen molar-refractivity contribution in [1.29, 1.82) is 0 Å². The van der Waals surface area contributed by atoms with Crippen molar-refractivity contribution in [3.05, 3.63) is 0 Å². The summed E-state index contributed by atoms with van der Waals surface area (Å²) in [6.07, 6.45) is 2.27. The quantitative estimate of drug-likeness (QED) is 0.177. The number of carbonyl (C=O) groups is 5. The minimum absolute atomic E-state index is 0.116. The lowest BCUT2D eigenvalue weighted by molar-refractivity contribution is -0.142. The molecule has 178 valence electrons. The normalized spacial score (nSPS) is 14.8. The van der Waals surface area contributed by atoms with E-state index in [0.717, 1.165) is 0 Å². The van der Waals surface area contributed by atoms with Crippen molar-refractivity contribution in [2.75, 3.05) is 12.0 Å². The monoisotopic (exact) mass is 461 g/mol. The molecule has 0 aromatic rings. The van der Waals surface area contributed by atoms with Crippen molar-refractivity contribution in [2.45, 2.75) is 70.6 Å². The molecule has 0 aliphatic carbocycles.